The van der Waals surface area contributed by atoms with E-state index in [1.165, 1.54) is 6.20 Å². The Labute approximate surface area is 112 Å². The molecule has 1 N–H and O–H groups in total. The third kappa shape index (κ3) is 3.62. The van der Waals surface area contributed by atoms with Crippen molar-refractivity contribution in [3.05, 3.63) is 40.8 Å². The van der Waals surface area contributed by atoms with E-state index < -0.39 is 0 Å². The minimum absolute atomic E-state index is 0.0457. The molecule has 1 heterocycles. The molecule has 0 saturated carbocycles. The van der Waals surface area contributed by atoms with Crippen molar-refractivity contribution in [2.24, 2.45) is 0 Å². The summed E-state index contributed by atoms with van der Waals surface area (Å²) in [6, 6.07) is 7.71. The van der Waals surface area contributed by atoms with E-state index in [4.69, 9.17) is 4.74 Å². The minimum atomic E-state index is -0.0457. The van der Waals surface area contributed by atoms with Crippen molar-refractivity contribution >= 4 is 11.0 Å². The molecule has 5 nitrogen and oxygen atoms in total. The van der Waals surface area contributed by atoms with Crippen molar-refractivity contribution in [3.8, 4) is 0 Å². The average Bonchev–Trinajstić information content (AvgIpc) is 2.44. The Bertz CT molecular complexity index is 580. The summed E-state index contributed by atoms with van der Waals surface area (Å²) in [6.07, 6.45) is 2.29. The van der Waals surface area contributed by atoms with E-state index in [0.717, 1.165) is 30.5 Å². The second-order valence-electron chi connectivity index (χ2n) is 4.33. The Kier molecular flexibility index (Phi) is 5.06. The molecule has 2 rings (SSSR count). The van der Waals surface area contributed by atoms with Crippen LogP contribution in [0.15, 0.2) is 35.3 Å². The van der Waals surface area contributed by atoms with Crippen LogP contribution >= 0.6 is 0 Å². The molecule has 0 aliphatic heterocycles. The van der Waals surface area contributed by atoms with Crippen molar-refractivity contribution in [2.45, 2.75) is 13.0 Å². The first-order valence-electron chi connectivity index (χ1n) is 6.47. The largest absolute Gasteiger partial charge is 0.383 e. The molecule has 102 valence electrons. The molecule has 0 saturated heterocycles. The third-order valence-corrected chi connectivity index (χ3v) is 2.97. The fraction of sp³-hybridized carbons (Fsp3) is 0.429. The van der Waals surface area contributed by atoms with Crippen molar-refractivity contribution in [1.29, 1.82) is 0 Å². The van der Waals surface area contributed by atoms with Gasteiger partial charge in [0.25, 0.3) is 5.56 Å². The summed E-state index contributed by atoms with van der Waals surface area (Å²) < 4.78 is 6.74. The first kappa shape index (κ1) is 13.7. The molecule has 19 heavy (non-hydrogen) atoms. The number of benzene rings is 1. The fourth-order valence-electron chi connectivity index (χ4n) is 2.01. The second kappa shape index (κ2) is 7.01. The lowest BCUT2D eigenvalue weighted by molar-refractivity contribution is 0.199. The number of hydrogen-bond acceptors (Lipinski definition) is 4. The summed E-state index contributed by atoms with van der Waals surface area (Å²) in [5, 5.41) is 3.27. The molecule has 0 aliphatic rings. The highest BCUT2D eigenvalue weighted by Gasteiger charge is 2.02. The number of aryl methyl sites for hydroxylation is 1. The molecule has 0 bridgehead atoms. The monoisotopic (exact) mass is 261 g/mol. The van der Waals surface area contributed by atoms with Crippen LogP contribution in [-0.2, 0) is 11.3 Å². The molecule has 0 aliphatic carbocycles. The molecule has 5 heteroatoms. The van der Waals surface area contributed by atoms with Gasteiger partial charge >= 0.3 is 0 Å². The van der Waals surface area contributed by atoms with Crippen LogP contribution in [0.5, 0.6) is 0 Å². The van der Waals surface area contributed by atoms with Gasteiger partial charge in [0.2, 0.25) is 0 Å². The average molecular weight is 261 g/mol. The molecule has 0 unspecified atom stereocenters. The van der Waals surface area contributed by atoms with Gasteiger partial charge in [-0.15, -0.1) is 0 Å². The zero-order valence-corrected chi connectivity index (χ0v) is 11.1. The van der Waals surface area contributed by atoms with Gasteiger partial charge in [-0.25, -0.2) is 4.98 Å². The van der Waals surface area contributed by atoms with Crippen LogP contribution in [0.4, 0.5) is 0 Å². The Morgan fingerprint density at radius 2 is 2.16 bits per heavy atom. The highest BCUT2D eigenvalue weighted by atomic mass is 16.5. The van der Waals surface area contributed by atoms with E-state index >= 15 is 0 Å². The van der Waals surface area contributed by atoms with Gasteiger partial charge in [-0.3, -0.25) is 4.79 Å². The lowest BCUT2D eigenvalue weighted by Crippen LogP contribution is -2.25. The lowest BCUT2D eigenvalue weighted by Gasteiger charge is -2.09. The van der Waals surface area contributed by atoms with E-state index in [1.807, 2.05) is 24.3 Å². The quantitative estimate of drug-likeness (QED) is 0.756. The number of fused-ring (bicyclic) bond motifs is 1. The predicted octanol–water partition coefficient (Wildman–Crippen LogP) is 1.02. The van der Waals surface area contributed by atoms with E-state index in [0.29, 0.717) is 13.2 Å². The molecular formula is C14H19N3O2. The number of aromatic nitrogens is 2. The van der Waals surface area contributed by atoms with Crippen LogP contribution < -0.4 is 10.9 Å². The number of hydrogen-bond donors (Lipinski definition) is 1. The van der Waals surface area contributed by atoms with Gasteiger partial charge in [-0.1, -0.05) is 12.1 Å². The van der Waals surface area contributed by atoms with Gasteiger partial charge in [0.1, 0.15) is 0 Å². The topological polar surface area (TPSA) is 56.1 Å². The van der Waals surface area contributed by atoms with Crippen molar-refractivity contribution in [3.63, 3.8) is 0 Å². The SMILES string of the molecule is COCCNCCCn1c(=O)cnc2ccccc21. The summed E-state index contributed by atoms with van der Waals surface area (Å²) in [5.74, 6) is 0. The van der Waals surface area contributed by atoms with Gasteiger partial charge < -0.3 is 14.6 Å². The molecule has 1 aromatic heterocycles. The smallest absolute Gasteiger partial charge is 0.269 e. The van der Waals surface area contributed by atoms with Crippen molar-refractivity contribution in [1.82, 2.24) is 14.9 Å². The first-order chi connectivity index (χ1) is 9.33. The lowest BCUT2D eigenvalue weighted by atomic mass is 10.3. The summed E-state index contributed by atoms with van der Waals surface area (Å²) >= 11 is 0. The fourth-order valence-corrected chi connectivity index (χ4v) is 2.01. The molecule has 0 radical (unpaired) electrons. The Morgan fingerprint density at radius 1 is 1.32 bits per heavy atom. The van der Waals surface area contributed by atoms with E-state index in [-0.39, 0.29) is 5.56 Å². The van der Waals surface area contributed by atoms with Crippen molar-refractivity contribution < 1.29 is 4.74 Å². The maximum atomic E-state index is 11.9. The second-order valence-corrected chi connectivity index (χ2v) is 4.33. The van der Waals surface area contributed by atoms with E-state index in [9.17, 15) is 4.79 Å². The summed E-state index contributed by atoms with van der Waals surface area (Å²) in [5.41, 5.74) is 1.71. The normalized spacial score (nSPS) is 11.0. The van der Waals surface area contributed by atoms with Crippen LogP contribution in [-0.4, -0.2) is 36.4 Å². The van der Waals surface area contributed by atoms with Crippen LogP contribution in [0, 0.1) is 0 Å². The number of nitrogens with zero attached hydrogens (tertiary/aromatic N) is 2. The maximum absolute atomic E-state index is 11.9. The Morgan fingerprint density at radius 3 is 3.00 bits per heavy atom. The highest BCUT2D eigenvalue weighted by molar-refractivity contribution is 5.74. The van der Waals surface area contributed by atoms with Crippen LogP contribution in [0.1, 0.15) is 6.42 Å². The predicted molar refractivity (Wildman–Crippen MR) is 75.4 cm³/mol. The number of para-hydroxylation sites is 2. The zero-order chi connectivity index (χ0) is 13.5. The van der Waals surface area contributed by atoms with E-state index in [1.54, 1.807) is 11.7 Å². The molecule has 1 aromatic carbocycles. The molecule has 0 fully saturated rings. The molecule has 2 aromatic rings. The highest BCUT2D eigenvalue weighted by Crippen LogP contribution is 2.08. The minimum Gasteiger partial charge on any atom is -0.383 e. The number of methoxy groups -OCH3 is 1. The maximum Gasteiger partial charge on any atom is 0.269 e. The number of rotatable bonds is 7. The molecule has 0 amide bonds. The number of nitrogens with one attached hydrogen (secondary N) is 1. The number of ether oxygens (including phenoxy) is 1. The van der Waals surface area contributed by atoms with Gasteiger partial charge in [-0.2, -0.15) is 0 Å². The standard InChI is InChI=1S/C14H19N3O2/c1-19-10-8-15-7-4-9-17-13-6-3-2-5-12(13)16-11-14(17)18/h2-3,5-6,11,15H,4,7-10H2,1H3. The molecular weight excluding hydrogens is 242 g/mol. The van der Waals surface area contributed by atoms with E-state index in [2.05, 4.69) is 10.3 Å². The summed E-state index contributed by atoms with van der Waals surface area (Å²) in [7, 11) is 1.68. The third-order valence-electron chi connectivity index (χ3n) is 2.97. The summed E-state index contributed by atoms with van der Waals surface area (Å²) in [4.78, 5) is 16.0. The Hall–Kier alpha value is -1.72. The van der Waals surface area contributed by atoms with Gasteiger partial charge in [-0.05, 0) is 25.1 Å². The van der Waals surface area contributed by atoms with Gasteiger partial charge in [0.05, 0.1) is 23.8 Å². The van der Waals surface area contributed by atoms with Crippen LogP contribution in [0.3, 0.4) is 0 Å². The molecule has 0 spiro atoms. The summed E-state index contributed by atoms with van der Waals surface area (Å²) in [6.45, 7) is 3.11. The van der Waals surface area contributed by atoms with Crippen molar-refractivity contribution in [2.75, 3.05) is 26.8 Å². The van der Waals surface area contributed by atoms with Crippen LogP contribution in [0.2, 0.25) is 0 Å². The van der Waals surface area contributed by atoms with Crippen LogP contribution in [0.25, 0.3) is 11.0 Å². The van der Waals surface area contributed by atoms with Gasteiger partial charge in [0.15, 0.2) is 0 Å². The Balaban J connectivity index is 2.00. The first-order valence-corrected chi connectivity index (χ1v) is 6.47. The van der Waals surface area contributed by atoms with Gasteiger partial charge in [0, 0.05) is 20.2 Å². The zero-order valence-electron chi connectivity index (χ0n) is 11.1. The molecule has 0 atom stereocenters.